The van der Waals surface area contributed by atoms with E-state index in [-0.39, 0.29) is 5.91 Å². The van der Waals surface area contributed by atoms with Gasteiger partial charge in [-0.1, -0.05) is 32.4 Å². The van der Waals surface area contributed by atoms with Crippen molar-refractivity contribution in [2.45, 2.75) is 56.8 Å². The summed E-state index contributed by atoms with van der Waals surface area (Å²) >= 11 is 0. The van der Waals surface area contributed by atoms with E-state index in [1.807, 2.05) is 17.0 Å². The predicted molar refractivity (Wildman–Crippen MR) is 109 cm³/mol. The number of hydrogen-bond acceptors (Lipinski definition) is 3. The van der Waals surface area contributed by atoms with Gasteiger partial charge >= 0.3 is 0 Å². The minimum absolute atomic E-state index is 0.218. The first-order valence-electron chi connectivity index (χ1n) is 10.7. The van der Waals surface area contributed by atoms with Crippen molar-refractivity contribution < 1.29 is 13.2 Å². The Labute approximate surface area is 169 Å². The molecule has 0 N–H and O–H groups in total. The lowest BCUT2D eigenvalue weighted by molar-refractivity contribution is -0.133. The molecule has 1 aromatic carbocycles. The molecule has 4 rings (SSSR count). The van der Waals surface area contributed by atoms with Crippen molar-refractivity contribution in [3.63, 3.8) is 0 Å². The highest BCUT2D eigenvalue weighted by atomic mass is 32.2. The van der Waals surface area contributed by atoms with E-state index >= 15 is 0 Å². The summed E-state index contributed by atoms with van der Waals surface area (Å²) in [6.45, 7) is 5.96. The van der Waals surface area contributed by atoms with Gasteiger partial charge in [0.05, 0.1) is 4.90 Å². The van der Waals surface area contributed by atoms with Gasteiger partial charge in [-0.25, -0.2) is 8.42 Å². The van der Waals surface area contributed by atoms with Crippen LogP contribution < -0.4 is 0 Å². The molecule has 1 saturated heterocycles. The van der Waals surface area contributed by atoms with Crippen molar-refractivity contribution >= 4 is 15.9 Å². The highest BCUT2D eigenvalue weighted by Crippen LogP contribution is 2.49. The zero-order chi connectivity index (χ0) is 19.9. The summed E-state index contributed by atoms with van der Waals surface area (Å²) in [6, 6.07) is 7.20. The molecule has 0 unspecified atom stereocenters. The molecule has 3 atom stereocenters. The number of piperazine rings is 1. The topological polar surface area (TPSA) is 57.7 Å². The van der Waals surface area contributed by atoms with Crippen molar-refractivity contribution in [2.24, 2.45) is 17.8 Å². The third-order valence-corrected chi connectivity index (χ3v) is 9.01. The molecule has 1 aliphatic heterocycles. The van der Waals surface area contributed by atoms with Crippen LogP contribution in [0.15, 0.2) is 29.2 Å². The molecule has 28 heavy (non-hydrogen) atoms. The van der Waals surface area contributed by atoms with Gasteiger partial charge in [0.2, 0.25) is 15.9 Å². The van der Waals surface area contributed by atoms with Gasteiger partial charge in [0, 0.05) is 32.6 Å². The predicted octanol–water partition coefficient (Wildman–Crippen LogP) is 3.47. The molecule has 154 valence electrons. The molecule has 0 aromatic heterocycles. The largest absolute Gasteiger partial charge is 0.340 e. The fraction of sp³-hybridized carbons (Fsp3) is 0.682. The summed E-state index contributed by atoms with van der Waals surface area (Å²) in [7, 11) is -3.49. The fourth-order valence-corrected chi connectivity index (χ4v) is 6.75. The monoisotopic (exact) mass is 404 g/mol. The lowest BCUT2D eigenvalue weighted by Crippen LogP contribution is -2.50. The number of carbonyl (C=O) groups is 1. The molecule has 0 radical (unpaired) electrons. The van der Waals surface area contributed by atoms with Crippen molar-refractivity contribution in [3.8, 4) is 0 Å². The van der Waals surface area contributed by atoms with Gasteiger partial charge in [0.15, 0.2) is 0 Å². The Morgan fingerprint density at radius 1 is 1.04 bits per heavy atom. The Kier molecular flexibility index (Phi) is 5.53. The van der Waals surface area contributed by atoms with Gasteiger partial charge in [-0.15, -0.1) is 0 Å². The number of sulfonamides is 1. The molecule has 1 amide bonds. The van der Waals surface area contributed by atoms with E-state index < -0.39 is 10.0 Å². The van der Waals surface area contributed by atoms with E-state index in [1.54, 1.807) is 12.1 Å². The van der Waals surface area contributed by atoms with E-state index in [1.165, 1.54) is 30.0 Å². The summed E-state index contributed by atoms with van der Waals surface area (Å²) < 4.78 is 27.4. The summed E-state index contributed by atoms with van der Waals surface area (Å²) in [6.07, 6.45) is 5.84. The van der Waals surface area contributed by atoms with Crippen LogP contribution in [0, 0.1) is 17.8 Å². The molecule has 2 bridgehead atoms. The maximum absolute atomic E-state index is 12.9. The van der Waals surface area contributed by atoms with Crippen LogP contribution in [0.25, 0.3) is 0 Å². The Hall–Kier alpha value is -1.40. The summed E-state index contributed by atoms with van der Waals surface area (Å²) in [4.78, 5) is 14.9. The van der Waals surface area contributed by atoms with Crippen LogP contribution >= 0.6 is 0 Å². The molecular formula is C22H32N2O3S. The van der Waals surface area contributed by atoms with Gasteiger partial charge in [-0.2, -0.15) is 4.31 Å². The molecule has 5 nitrogen and oxygen atoms in total. The molecule has 3 aliphatic rings. The number of benzene rings is 1. The van der Waals surface area contributed by atoms with Gasteiger partial charge in [0.25, 0.3) is 0 Å². The fourth-order valence-electron chi connectivity index (χ4n) is 5.33. The molecule has 3 fully saturated rings. The normalized spacial score (nSPS) is 28.2. The quantitative estimate of drug-likeness (QED) is 0.755. The zero-order valence-electron chi connectivity index (χ0n) is 17.0. The van der Waals surface area contributed by atoms with E-state index in [9.17, 15) is 13.2 Å². The molecule has 0 spiro atoms. The number of rotatable bonds is 5. The van der Waals surface area contributed by atoms with Gasteiger partial charge in [-0.3, -0.25) is 4.79 Å². The summed E-state index contributed by atoms with van der Waals surface area (Å²) in [5.41, 5.74) is 1.13. The molecule has 2 aliphatic carbocycles. The average Bonchev–Trinajstić information content (AvgIpc) is 3.31. The maximum atomic E-state index is 12.9. The van der Waals surface area contributed by atoms with Gasteiger partial charge in [0.1, 0.15) is 0 Å². The first-order valence-corrected chi connectivity index (χ1v) is 12.2. The number of fused-ring (bicyclic) bond motifs is 2. The Balaban J connectivity index is 1.33. The lowest BCUT2D eigenvalue weighted by Gasteiger charge is -2.35. The molecular weight excluding hydrogens is 372 g/mol. The number of nitrogens with zero attached hydrogens (tertiary/aromatic N) is 2. The zero-order valence-corrected chi connectivity index (χ0v) is 17.8. The lowest BCUT2D eigenvalue weighted by atomic mass is 9.86. The van der Waals surface area contributed by atoms with Crippen LogP contribution in [0.4, 0.5) is 0 Å². The van der Waals surface area contributed by atoms with E-state index in [0.717, 1.165) is 17.4 Å². The SMILES string of the molecule is CC(C)c1ccc(S(=O)(=O)N2CCN(C(=O)C[C@@H]3C[C@H]4CC[C@@H]3C4)CC2)cc1. The number of carbonyl (C=O) groups excluding carboxylic acids is 1. The second-order valence-electron chi connectivity index (χ2n) is 9.15. The first kappa shape index (κ1) is 19.9. The van der Waals surface area contributed by atoms with Gasteiger partial charge in [-0.05, 0) is 60.6 Å². The average molecular weight is 405 g/mol. The Morgan fingerprint density at radius 3 is 2.25 bits per heavy atom. The molecule has 6 heteroatoms. The van der Waals surface area contributed by atoms with Crippen molar-refractivity contribution in [1.82, 2.24) is 9.21 Å². The van der Waals surface area contributed by atoms with Crippen LogP contribution in [0.5, 0.6) is 0 Å². The molecule has 2 saturated carbocycles. The maximum Gasteiger partial charge on any atom is 0.243 e. The summed E-state index contributed by atoms with van der Waals surface area (Å²) in [5, 5.41) is 0. The van der Waals surface area contributed by atoms with Crippen LogP contribution in [-0.4, -0.2) is 49.7 Å². The number of amides is 1. The number of hydrogen-bond donors (Lipinski definition) is 0. The van der Waals surface area contributed by atoms with Crippen LogP contribution in [0.2, 0.25) is 0 Å². The van der Waals surface area contributed by atoms with E-state index in [4.69, 9.17) is 0 Å². The van der Waals surface area contributed by atoms with Crippen molar-refractivity contribution in [3.05, 3.63) is 29.8 Å². The van der Waals surface area contributed by atoms with Crippen LogP contribution in [0.3, 0.4) is 0 Å². The highest BCUT2D eigenvalue weighted by Gasteiger charge is 2.41. The smallest absolute Gasteiger partial charge is 0.243 e. The van der Waals surface area contributed by atoms with E-state index in [2.05, 4.69) is 13.8 Å². The summed E-state index contributed by atoms with van der Waals surface area (Å²) in [5.74, 6) is 2.76. The second-order valence-corrected chi connectivity index (χ2v) is 11.1. The standard InChI is InChI=1S/C22H32N2O3S/c1-16(2)18-5-7-21(8-6-18)28(26,27)24-11-9-23(10-12-24)22(25)15-20-14-17-3-4-19(20)13-17/h5-8,16-17,19-20H,3-4,9-15H2,1-2H3/t17-,19+,20-/m0/s1. The minimum atomic E-state index is -3.49. The minimum Gasteiger partial charge on any atom is -0.340 e. The Morgan fingerprint density at radius 2 is 1.71 bits per heavy atom. The first-order chi connectivity index (χ1) is 13.3. The van der Waals surface area contributed by atoms with Gasteiger partial charge < -0.3 is 4.90 Å². The third-order valence-electron chi connectivity index (χ3n) is 7.10. The molecule has 1 heterocycles. The highest BCUT2D eigenvalue weighted by molar-refractivity contribution is 7.89. The molecule has 1 aromatic rings. The second kappa shape index (κ2) is 7.79. The van der Waals surface area contributed by atoms with Crippen LogP contribution in [0.1, 0.15) is 57.4 Å². The van der Waals surface area contributed by atoms with E-state index in [0.29, 0.717) is 49.3 Å². The van der Waals surface area contributed by atoms with Crippen LogP contribution in [-0.2, 0) is 14.8 Å². The Bertz CT molecular complexity index is 811. The van der Waals surface area contributed by atoms with Crippen molar-refractivity contribution in [1.29, 1.82) is 0 Å². The third kappa shape index (κ3) is 3.86. The van der Waals surface area contributed by atoms with Crippen molar-refractivity contribution in [2.75, 3.05) is 26.2 Å².